The van der Waals surface area contributed by atoms with Crippen molar-refractivity contribution < 1.29 is 14.1 Å². The number of aromatic nitrogens is 1. The van der Waals surface area contributed by atoms with Crippen molar-refractivity contribution in [3.63, 3.8) is 0 Å². The molecule has 0 spiro atoms. The number of carbonyl (C=O) groups is 1. The first-order valence-electron chi connectivity index (χ1n) is 7.74. The topological polar surface area (TPSA) is 55.6 Å². The number of morpholine rings is 1. The smallest absolute Gasteiger partial charge is 0.259 e. The molecule has 3 rings (SSSR count). The number of benzene rings is 1. The van der Waals surface area contributed by atoms with E-state index in [4.69, 9.17) is 32.5 Å². The first kappa shape index (κ1) is 17.3. The number of hydrogen-bond donors (Lipinski definition) is 0. The van der Waals surface area contributed by atoms with Gasteiger partial charge in [-0.25, -0.2) is 0 Å². The highest BCUT2D eigenvalue weighted by Gasteiger charge is 2.32. The maximum absolute atomic E-state index is 13.1. The van der Waals surface area contributed by atoms with Crippen LogP contribution in [0.1, 0.15) is 30.0 Å². The summed E-state index contributed by atoms with van der Waals surface area (Å²) in [6, 6.07) is 5.16. The predicted octanol–water partition coefficient (Wildman–Crippen LogP) is 4.21. The third-order valence-corrected chi connectivity index (χ3v) is 4.61. The predicted molar refractivity (Wildman–Crippen MR) is 92.6 cm³/mol. The molecule has 1 aromatic carbocycles. The van der Waals surface area contributed by atoms with Crippen LogP contribution in [0.2, 0.25) is 10.0 Å². The Morgan fingerprint density at radius 3 is 2.38 bits per heavy atom. The lowest BCUT2D eigenvalue weighted by Crippen LogP contribution is -2.48. The van der Waals surface area contributed by atoms with Gasteiger partial charge in [0.05, 0.1) is 22.3 Å². The summed E-state index contributed by atoms with van der Waals surface area (Å²) >= 11 is 12.5. The molecular weight excluding hydrogens is 351 g/mol. The molecule has 1 aromatic heterocycles. The summed E-state index contributed by atoms with van der Waals surface area (Å²) < 4.78 is 11.0. The summed E-state index contributed by atoms with van der Waals surface area (Å²) in [7, 11) is 0. The average molecular weight is 369 g/mol. The van der Waals surface area contributed by atoms with Crippen LogP contribution < -0.4 is 0 Å². The van der Waals surface area contributed by atoms with Gasteiger partial charge in [0.25, 0.3) is 5.91 Å². The van der Waals surface area contributed by atoms with Crippen LogP contribution in [0.5, 0.6) is 0 Å². The SMILES string of the molecule is Cc1onc(-c2c(Cl)cccc2Cl)c1C(=O)N1C[C@H](C)O[C@@H](C)C1. The fourth-order valence-corrected chi connectivity index (χ4v) is 3.60. The molecule has 0 unspecified atom stereocenters. The number of nitrogens with zero attached hydrogens (tertiary/aromatic N) is 2. The van der Waals surface area contributed by atoms with Gasteiger partial charge in [-0.3, -0.25) is 4.79 Å². The van der Waals surface area contributed by atoms with Crippen LogP contribution in [0.3, 0.4) is 0 Å². The maximum Gasteiger partial charge on any atom is 0.259 e. The van der Waals surface area contributed by atoms with Gasteiger partial charge in [0, 0.05) is 18.7 Å². The van der Waals surface area contributed by atoms with E-state index in [2.05, 4.69) is 5.16 Å². The molecule has 2 heterocycles. The molecule has 0 N–H and O–H groups in total. The van der Waals surface area contributed by atoms with Crippen LogP contribution in [0.15, 0.2) is 22.7 Å². The summed E-state index contributed by atoms with van der Waals surface area (Å²) in [6.07, 6.45) is -0.0459. The van der Waals surface area contributed by atoms with Gasteiger partial charge in [-0.1, -0.05) is 34.4 Å². The molecule has 1 saturated heterocycles. The average Bonchev–Trinajstić information content (AvgIpc) is 2.87. The van der Waals surface area contributed by atoms with Gasteiger partial charge in [0.2, 0.25) is 0 Å². The minimum absolute atomic E-state index is 0.0229. The Morgan fingerprint density at radius 1 is 1.21 bits per heavy atom. The molecule has 0 bridgehead atoms. The van der Waals surface area contributed by atoms with Gasteiger partial charge < -0.3 is 14.2 Å². The molecule has 1 aliphatic rings. The van der Waals surface area contributed by atoms with Crippen LogP contribution in [-0.2, 0) is 4.74 Å². The Kier molecular flexibility index (Phi) is 4.85. The van der Waals surface area contributed by atoms with Gasteiger partial charge in [-0.2, -0.15) is 0 Å². The molecule has 2 aromatic rings. The van der Waals surface area contributed by atoms with Crippen LogP contribution >= 0.6 is 23.2 Å². The summed E-state index contributed by atoms with van der Waals surface area (Å²) in [4.78, 5) is 14.8. The molecule has 5 nitrogen and oxygen atoms in total. The summed E-state index contributed by atoms with van der Waals surface area (Å²) in [5.41, 5.74) is 1.28. The van der Waals surface area contributed by atoms with Gasteiger partial charge in [-0.05, 0) is 32.9 Å². The van der Waals surface area contributed by atoms with Crippen LogP contribution in [-0.4, -0.2) is 41.3 Å². The second-order valence-corrected chi connectivity index (χ2v) is 6.84. The Bertz CT molecular complexity index is 745. The monoisotopic (exact) mass is 368 g/mol. The van der Waals surface area contributed by atoms with Crippen molar-refractivity contribution >= 4 is 29.1 Å². The molecular formula is C17H18Cl2N2O3. The van der Waals surface area contributed by atoms with Gasteiger partial charge >= 0.3 is 0 Å². The fourth-order valence-electron chi connectivity index (χ4n) is 3.02. The van der Waals surface area contributed by atoms with Gasteiger partial charge in [0.1, 0.15) is 17.0 Å². The fraction of sp³-hybridized carbons (Fsp3) is 0.412. The maximum atomic E-state index is 13.1. The van der Waals surface area contributed by atoms with E-state index in [1.165, 1.54) is 0 Å². The number of amides is 1. The molecule has 1 aliphatic heterocycles. The largest absolute Gasteiger partial charge is 0.372 e. The molecule has 128 valence electrons. The molecule has 24 heavy (non-hydrogen) atoms. The van der Waals surface area contributed by atoms with E-state index < -0.39 is 0 Å². The highest BCUT2D eigenvalue weighted by Crippen LogP contribution is 2.37. The highest BCUT2D eigenvalue weighted by molar-refractivity contribution is 6.39. The molecule has 0 saturated carbocycles. The first-order valence-corrected chi connectivity index (χ1v) is 8.49. The van der Waals surface area contributed by atoms with E-state index in [-0.39, 0.29) is 18.1 Å². The van der Waals surface area contributed by atoms with Crippen molar-refractivity contribution in [2.75, 3.05) is 13.1 Å². The molecule has 1 amide bonds. The van der Waals surface area contributed by atoms with Gasteiger partial charge in [0.15, 0.2) is 0 Å². The third kappa shape index (κ3) is 3.16. The number of aryl methyl sites for hydroxylation is 1. The Labute approximate surface area is 150 Å². The number of ether oxygens (including phenoxy) is 1. The summed E-state index contributed by atoms with van der Waals surface area (Å²) in [5, 5.41) is 4.89. The molecule has 2 atom stereocenters. The molecule has 0 aliphatic carbocycles. The standard InChI is InChI=1S/C17H18Cl2N2O3/c1-9-7-21(8-10(2)23-9)17(22)14-11(3)24-20-16(14)15-12(18)5-4-6-13(15)19/h4-6,9-10H,7-8H2,1-3H3/t9-,10-/m0/s1. The van der Waals surface area contributed by atoms with Crippen molar-refractivity contribution in [2.45, 2.75) is 33.0 Å². The van der Waals surface area contributed by atoms with Crippen molar-refractivity contribution in [1.29, 1.82) is 0 Å². The minimum atomic E-state index is -0.151. The van der Waals surface area contributed by atoms with Crippen molar-refractivity contribution in [3.8, 4) is 11.3 Å². The zero-order valence-corrected chi connectivity index (χ0v) is 15.2. The minimum Gasteiger partial charge on any atom is -0.372 e. The quantitative estimate of drug-likeness (QED) is 0.796. The van der Waals surface area contributed by atoms with Crippen molar-refractivity contribution in [3.05, 3.63) is 39.6 Å². The normalized spacial score (nSPS) is 21.1. The zero-order chi connectivity index (χ0) is 17.4. The zero-order valence-electron chi connectivity index (χ0n) is 13.7. The Morgan fingerprint density at radius 2 is 1.79 bits per heavy atom. The van der Waals surface area contributed by atoms with E-state index in [9.17, 15) is 4.79 Å². The molecule has 0 radical (unpaired) electrons. The third-order valence-electron chi connectivity index (χ3n) is 3.98. The van der Waals surface area contributed by atoms with Crippen LogP contribution in [0.25, 0.3) is 11.3 Å². The van der Waals surface area contributed by atoms with E-state index >= 15 is 0 Å². The summed E-state index contributed by atoms with van der Waals surface area (Å²) in [5.74, 6) is 0.291. The Hall–Kier alpha value is -1.56. The second-order valence-electron chi connectivity index (χ2n) is 6.03. The lowest BCUT2D eigenvalue weighted by molar-refractivity contribution is -0.0586. The van der Waals surface area contributed by atoms with E-state index in [0.717, 1.165) is 0 Å². The van der Waals surface area contributed by atoms with E-state index in [1.54, 1.807) is 30.0 Å². The van der Waals surface area contributed by atoms with E-state index in [1.807, 2.05) is 13.8 Å². The number of rotatable bonds is 2. The molecule has 7 heteroatoms. The van der Waals surface area contributed by atoms with E-state index in [0.29, 0.717) is 45.7 Å². The Balaban J connectivity index is 2.03. The van der Waals surface area contributed by atoms with Gasteiger partial charge in [-0.15, -0.1) is 0 Å². The first-order chi connectivity index (χ1) is 11.4. The number of halogens is 2. The van der Waals surface area contributed by atoms with Crippen LogP contribution in [0.4, 0.5) is 0 Å². The lowest BCUT2D eigenvalue weighted by atomic mass is 10.0. The van der Waals surface area contributed by atoms with Crippen LogP contribution in [0, 0.1) is 6.92 Å². The lowest BCUT2D eigenvalue weighted by Gasteiger charge is -2.35. The second kappa shape index (κ2) is 6.75. The highest BCUT2D eigenvalue weighted by atomic mass is 35.5. The molecule has 1 fully saturated rings. The van der Waals surface area contributed by atoms with Crippen molar-refractivity contribution in [2.24, 2.45) is 0 Å². The number of hydrogen-bond acceptors (Lipinski definition) is 4. The number of carbonyl (C=O) groups excluding carboxylic acids is 1. The van der Waals surface area contributed by atoms with Crippen molar-refractivity contribution in [1.82, 2.24) is 10.1 Å². The summed E-state index contributed by atoms with van der Waals surface area (Å²) in [6.45, 7) is 6.64.